The van der Waals surface area contributed by atoms with E-state index in [0.29, 0.717) is 24.3 Å². The van der Waals surface area contributed by atoms with Gasteiger partial charge in [0.15, 0.2) is 0 Å². The lowest BCUT2D eigenvalue weighted by molar-refractivity contribution is -0.137. The van der Waals surface area contributed by atoms with Crippen LogP contribution in [0.1, 0.15) is 28.8 Å². The molecule has 0 aromatic heterocycles. The number of anilines is 2. The third-order valence-electron chi connectivity index (χ3n) is 4.02. The minimum Gasteiger partial charge on any atom is -0.322 e. The molecule has 1 heterocycles. The fourth-order valence-electron chi connectivity index (χ4n) is 2.75. The maximum absolute atomic E-state index is 12.8. The molecule has 0 saturated carbocycles. The van der Waals surface area contributed by atoms with Crippen LogP contribution in [0.25, 0.3) is 0 Å². The summed E-state index contributed by atoms with van der Waals surface area (Å²) in [6, 6.07) is 8.78. The summed E-state index contributed by atoms with van der Waals surface area (Å²) >= 11 is 6.20. The van der Waals surface area contributed by atoms with E-state index in [1.54, 1.807) is 17.0 Å². The molecule has 26 heavy (non-hydrogen) atoms. The maximum atomic E-state index is 12.8. The number of alkyl halides is 3. The van der Waals surface area contributed by atoms with Crippen molar-refractivity contribution in [1.82, 2.24) is 0 Å². The van der Waals surface area contributed by atoms with Gasteiger partial charge in [-0.2, -0.15) is 13.2 Å². The van der Waals surface area contributed by atoms with E-state index in [9.17, 15) is 22.8 Å². The highest BCUT2D eigenvalue weighted by Crippen LogP contribution is 2.32. The summed E-state index contributed by atoms with van der Waals surface area (Å²) in [5, 5.41) is 2.79. The van der Waals surface area contributed by atoms with Gasteiger partial charge in [0.05, 0.1) is 16.3 Å². The smallest absolute Gasteiger partial charge is 0.322 e. The number of halogens is 4. The molecule has 2 amide bonds. The van der Waals surface area contributed by atoms with E-state index in [0.717, 1.165) is 18.6 Å². The SMILES string of the molecule is O=C(Nc1ccc(N2CCCC2=O)c(Cl)c1)c1cccc(C(F)(F)F)c1. The lowest BCUT2D eigenvalue weighted by atomic mass is 10.1. The predicted molar refractivity (Wildman–Crippen MR) is 92.4 cm³/mol. The maximum Gasteiger partial charge on any atom is 0.416 e. The van der Waals surface area contributed by atoms with Crippen molar-refractivity contribution >= 4 is 34.8 Å². The molecule has 136 valence electrons. The third-order valence-corrected chi connectivity index (χ3v) is 4.32. The number of carbonyl (C=O) groups is 2. The molecule has 0 unspecified atom stereocenters. The van der Waals surface area contributed by atoms with Gasteiger partial charge in [-0.3, -0.25) is 9.59 Å². The summed E-state index contributed by atoms with van der Waals surface area (Å²) in [5.41, 5.74) is -0.139. The Kier molecular flexibility index (Phi) is 4.91. The Morgan fingerprint density at radius 2 is 1.92 bits per heavy atom. The van der Waals surface area contributed by atoms with Crippen LogP contribution in [-0.2, 0) is 11.0 Å². The summed E-state index contributed by atoms with van der Waals surface area (Å²) in [7, 11) is 0. The monoisotopic (exact) mass is 382 g/mol. The molecule has 1 N–H and O–H groups in total. The van der Waals surface area contributed by atoms with E-state index >= 15 is 0 Å². The van der Waals surface area contributed by atoms with Gasteiger partial charge in [-0.1, -0.05) is 17.7 Å². The quantitative estimate of drug-likeness (QED) is 0.833. The lowest BCUT2D eigenvalue weighted by Gasteiger charge is -2.18. The number of carbonyl (C=O) groups excluding carboxylic acids is 2. The number of rotatable bonds is 3. The predicted octanol–water partition coefficient (Wildman–Crippen LogP) is 4.74. The second kappa shape index (κ2) is 6.99. The van der Waals surface area contributed by atoms with Gasteiger partial charge in [0.1, 0.15) is 0 Å². The highest BCUT2D eigenvalue weighted by molar-refractivity contribution is 6.34. The summed E-state index contributed by atoms with van der Waals surface area (Å²) in [4.78, 5) is 25.6. The van der Waals surface area contributed by atoms with Crippen molar-refractivity contribution in [2.75, 3.05) is 16.8 Å². The molecule has 1 aliphatic heterocycles. The van der Waals surface area contributed by atoms with E-state index < -0.39 is 17.6 Å². The van der Waals surface area contributed by atoms with E-state index in [1.807, 2.05) is 0 Å². The molecule has 8 heteroatoms. The topological polar surface area (TPSA) is 49.4 Å². The van der Waals surface area contributed by atoms with Crippen molar-refractivity contribution in [3.63, 3.8) is 0 Å². The van der Waals surface area contributed by atoms with Crippen LogP contribution in [0.4, 0.5) is 24.5 Å². The van der Waals surface area contributed by atoms with Gasteiger partial charge in [0, 0.05) is 24.2 Å². The van der Waals surface area contributed by atoms with E-state index in [1.165, 1.54) is 18.2 Å². The van der Waals surface area contributed by atoms with Crippen LogP contribution in [0.5, 0.6) is 0 Å². The number of amides is 2. The zero-order chi connectivity index (χ0) is 18.9. The molecular formula is C18H14ClF3N2O2. The molecule has 4 nitrogen and oxygen atoms in total. The van der Waals surface area contributed by atoms with Crippen molar-refractivity contribution in [2.45, 2.75) is 19.0 Å². The number of nitrogens with zero attached hydrogens (tertiary/aromatic N) is 1. The molecule has 1 fully saturated rings. The lowest BCUT2D eigenvalue weighted by Crippen LogP contribution is -2.24. The van der Waals surface area contributed by atoms with Gasteiger partial charge in [-0.05, 0) is 42.8 Å². The van der Waals surface area contributed by atoms with Gasteiger partial charge in [-0.15, -0.1) is 0 Å². The second-order valence-electron chi connectivity index (χ2n) is 5.85. The Hall–Kier alpha value is -2.54. The van der Waals surface area contributed by atoms with Crippen LogP contribution in [0.2, 0.25) is 5.02 Å². The van der Waals surface area contributed by atoms with E-state index in [-0.39, 0.29) is 16.5 Å². The van der Waals surface area contributed by atoms with Crippen LogP contribution < -0.4 is 10.2 Å². The normalized spacial score (nSPS) is 14.6. The van der Waals surface area contributed by atoms with Crippen molar-refractivity contribution < 1.29 is 22.8 Å². The minimum absolute atomic E-state index is 0.0207. The average Bonchev–Trinajstić information content (AvgIpc) is 3.00. The molecule has 1 aliphatic rings. The zero-order valence-electron chi connectivity index (χ0n) is 13.4. The molecule has 0 atom stereocenters. The van der Waals surface area contributed by atoms with Gasteiger partial charge in [-0.25, -0.2) is 0 Å². The van der Waals surface area contributed by atoms with Gasteiger partial charge in [0.25, 0.3) is 5.91 Å². The molecule has 1 saturated heterocycles. The van der Waals surface area contributed by atoms with Gasteiger partial charge in [0.2, 0.25) is 5.91 Å². The fourth-order valence-corrected chi connectivity index (χ4v) is 3.03. The Balaban J connectivity index is 1.78. The van der Waals surface area contributed by atoms with Crippen molar-refractivity contribution in [3.05, 3.63) is 58.6 Å². The van der Waals surface area contributed by atoms with Crippen LogP contribution in [-0.4, -0.2) is 18.4 Å². The molecule has 0 spiro atoms. The zero-order valence-corrected chi connectivity index (χ0v) is 14.2. The largest absolute Gasteiger partial charge is 0.416 e. The van der Waals surface area contributed by atoms with E-state index in [4.69, 9.17) is 11.6 Å². The Morgan fingerprint density at radius 1 is 1.15 bits per heavy atom. The summed E-state index contributed by atoms with van der Waals surface area (Å²) in [6.07, 6.45) is -3.31. The van der Waals surface area contributed by atoms with Crippen molar-refractivity contribution in [1.29, 1.82) is 0 Å². The first kappa shape index (κ1) is 18.3. The molecule has 2 aromatic rings. The Bertz CT molecular complexity index is 868. The van der Waals surface area contributed by atoms with Crippen LogP contribution in [0.3, 0.4) is 0 Å². The van der Waals surface area contributed by atoms with Crippen LogP contribution in [0.15, 0.2) is 42.5 Å². The number of nitrogens with one attached hydrogen (secondary N) is 1. The molecular weight excluding hydrogens is 369 g/mol. The molecule has 2 aromatic carbocycles. The first-order valence-corrected chi connectivity index (χ1v) is 8.22. The highest BCUT2D eigenvalue weighted by Gasteiger charge is 2.31. The first-order chi connectivity index (χ1) is 12.3. The Morgan fingerprint density at radius 3 is 2.54 bits per heavy atom. The van der Waals surface area contributed by atoms with Crippen molar-refractivity contribution in [2.24, 2.45) is 0 Å². The number of hydrogen-bond donors (Lipinski definition) is 1. The van der Waals surface area contributed by atoms with Gasteiger partial charge < -0.3 is 10.2 Å². The fraction of sp³-hybridized carbons (Fsp3) is 0.222. The molecule has 0 radical (unpaired) electrons. The molecule has 3 rings (SSSR count). The molecule has 0 aliphatic carbocycles. The number of hydrogen-bond acceptors (Lipinski definition) is 2. The van der Waals surface area contributed by atoms with Crippen LogP contribution in [0, 0.1) is 0 Å². The summed E-state index contributed by atoms with van der Waals surface area (Å²) < 4.78 is 38.3. The first-order valence-electron chi connectivity index (χ1n) is 7.84. The summed E-state index contributed by atoms with van der Waals surface area (Å²) in [5.74, 6) is -0.704. The number of benzene rings is 2. The Labute approximate surface area is 152 Å². The second-order valence-corrected chi connectivity index (χ2v) is 6.26. The molecule has 0 bridgehead atoms. The highest BCUT2D eigenvalue weighted by atomic mass is 35.5. The van der Waals surface area contributed by atoms with Crippen molar-refractivity contribution in [3.8, 4) is 0 Å². The average molecular weight is 383 g/mol. The standard InChI is InChI=1S/C18H14ClF3N2O2/c19-14-10-13(6-7-15(14)24-8-2-5-16(24)25)23-17(26)11-3-1-4-12(9-11)18(20,21)22/h1,3-4,6-7,9-10H,2,5,8H2,(H,23,26). The van der Waals surface area contributed by atoms with E-state index in [2.05, 4.69) is 5.32 Å². The van der Waals surface area contributed by atoms with Crippen LogP contribution >= 0.6 is 11.6 Å². The third kappa shape index (κ3) is 3.83. The minimum atomic E-state index is -4.52. The van der Waals surface area contributed by atoms with Gasteiger partial charge >= 0.3 is 6.18 Å². The summed E-state index contributed by atoms with van der Waals surface area (Å²) in [6.45, 7) is 0.578.